The number of nitrogens with two attached hydrogens (primary N) is 2. The zero-order valence-corrected chi connectivity index (χ0v) is 9.72. The predicted molar refractivity (Wildman–Crippen MR) is 72.4 cm³/mol. The molecule has 0 unspecified atom stereocenters. The number of aryl methyl sites for hydroxylation is 1. The summed E-state index contributed by atoms with van der Waals surface area (Å²) in [6.45, 7) is 2.02. The van der Waals surface area contributed by atoms with Crippen LogP contribution in [0.4, 0.5) is 11.4 Å². The SMILES string of the molecule is Cc1cccc(N=C(N)c2ccccc2N)c1. The lowest BCUT2D eigenvalue weighted by molar-refractivity contribution is 1.40. The average molecular weight is 225 g/mol. The van der Waals surface area contributed by atoms with Crippen molar-refractivity contribution in [3.05, 3.63) is 59.7 Å². The Morgan fingerprint density at radius 3 is 2.53 bits per heavy atom. The van der Waals surface area contributed by atoms with Crippen molar-refractivity contribution in [3.63, 3.8) is 0 Å². The van der Waals surface area contributed by atoms with Gasteiger partial charge in [-0.15, -0.1) is 0 Å². The Bertz CT molecular complexity index is 559. The number of anilines is 1. The normalized spacial score (nSPS) is 11.5. The zero-order valence-electron chi connectivity index (χ0n) is 9.72. The van der Waals surface area contributed by atoms with Crippen molar-refractivity contribution in [3.8, 4) is 0 Å². The van der Waals surface area contributed by atoms with Crippen molar-refractivity contribution in [1.82, 2.24) is 0 Å². The molecule has 0 aliphatic carbocycles. The molecule has 2 aromatic rings. The number of nitrogens with zero attached hydrogens (tertiary/aromatic N) is 1. The molecule has 0 heterocycles. The summed E-state index contributed by atoms with van der Waals surface area (Å²) in [5, 5.41) is 0. The van der Waals surface area contributed by atoms with Crippen molar-refractivity contribution in [2.45, 2.75) is 6.92 Å². The Labute approximate surface area is 101 Å². The van der Waals surface area contributed by atoms with E-state index >= 15 is 0 Å². The largest absolute Gasteiger partial charge is 0.398 e. The van der Waals surface area contributed by atoms with Crippen LogP contribution >= 0.6 is 0 Å². The van der Waals surface area contributed by atoms with E-state index in [0.717, 1.165) is 16.8 Å². The molecule has 0 saturated carbocycles. The molecule has 0 atom stereocenters. The van der Waals surface area contributed by atoms with Crippen molar-refractivity contribution in [2.75, 3.05) is 5.73 Å². The van der Waals surface area contributed by atoms with Gasteiger partial charge in [0.2, 0.25) is 0 Å². The Hall–Kier alpha value is -2.29. The average Bonchev–Trinajstić information content (AvgIpc) is 2.29. The van der Waals surface area contributed by atoms with Gasteiger partial charge in [0.15, 0.2) is 0 Å². The molecule has 2 aromatic carbocycles. The molecule has 3 heteroatoms. The number of hydrogen-bond acceptors (Lipinski definition) is 2. The van der Waals surface area contributed by atoms with Crippen LogP contribution < -0.4 is 11.5 Å². The third kappa shape index (κ3) is 2.64. The summed E-state index contributed by atoms with van der Waals surface area (Å²) in [7, 11) is 0. The molecule has 0 fully saturated rings. The molecular formula is C14H15N3. The van der Waals surface area contributed by atoms with Crippen LogP contribution in [0.2, 0.25) is 0 Å². The smallest absolute Gasteiger partial charge is 0.133 e. The van der Waals surface area contributed by atoms with Crippen LogP contribution in [0.3, 0.4) is 0 Å². The Morgan fingerprint density at radius 1 is 1.06 bits per heavy atom. The van der Waals surface area contributed by atoms with Crippen LogP contribution in [0.25, 0.3) is 0 Å². The summed E-state index contributed by atoms with van der Waals surface area (Å²) in [6.07, 6.45) is 0. The van der Waals surface area contributed by atoms with Gasteiger partial charge in [0.1, 0.15) is 5.84 Å². The molecule has 0 bridgehead atoms. The Balaban J connectivity index is 2.38. The fourth-order valence-corrected chi connectivity index (χ4v) is 1.63. The molecular weight excluding hydrogens is 210 g/mol. The van der Waals surface area contributed by atoms with Crippen LogP contribution in [-0.4, -0.2) is 5.84 Å². The van der Waals surface area contributed by atoms with E-state index in [-0.39, 0.29) is 0 Å². The van der Waals surface area contributed by atoms with Gasteiger partial charge in [0, 0.05) is 11.3 Å². The topological polar surface area (TPSA) is 64.4 Å². The summed E-state index contributed by atoms with van der Waals surface area (Å²) >= 11 is 0. The van der Waals surface area contributed by atoms with Crippen molar-refractivity contribution >= 4 is 17.2 Å². The summed E-state index contributed by atoms with van der Waals surface area (Å²) in [4.78, 5) is 4.37. The maximum Gasteiger partial charge on any atom is 0.133 e. The van der Waals surface area contributed by atoms with E-state index in [2.05, 4.69) is 4.99 Å². The highest BCUT2D eigenvalue weighted by Crippen LogP contribution is 2.16. The van der Waals surface area contributed by atoms with Gasteiger partial charge in [0.25, 0.3) is 0 Å². The fourth-order valence-electron chi connectivity index (χ4n) is 1.63. The second-order valence-corrected chi connectivity index (χ2v) is 3.92. The minimum absolute atomic E-state index is 0.439. The summed E-state index contributed by atoms with van der Waals surface area (Å²) in [5.41, 5.74) is 15.2. The standard InChI is InChI=1S/C14H15N3/c1-10-5-4-6-11(9-10)17-14(16)12-7-2-3-8-13(12)15/h2-9H,15H2,1H3,(H2,16,17). The van der Waals surface area contributed by atoms with E-state index in [9.17, 15) is 0 Å². The maximum atomic E-state index is 5.95. The number of aliphatic imine (C=N–C) groups is 1. The molecule has 0 radical (unpaired) electrons. The lowest BCUT2D eigenvalue weighted by atomic mass is 10.1. The number of para-hydroxylation sites is 1. The number of amidine groups is 1. The summed E-state index contributed by atoms with van der Waals surface area (Å²) in [5.74, 6) is 0.439. The highest BCUT2D eigenvalue weighted by molar-refractivity contribution is 6.03. The first-order chi connectivity index (χ1) is 8.16. The second-order valence-electron chi connectivity index (χ2n) is 3.92. The van der Waals surface area contributed by atoms with Crippen LogP contribution in [0.1, 0.15) is 11.1 Å². The lowest BCUT2D eigenvalue weighted by Crippen LogP contribution is -2.14. The fraction of sp³-hybridized carbons (Fsp3) is 0.0714. The predicted octanol–water partition coefficient (Wildman–Crippen LogP) is 2.61. The van der Waals surface area contributed by atoms with E-state index in [1.165, 1.54) is 0 Å². The van der Waals surface area contributed by atoms with Crippen LogP contribution in [0, 0.1) is 6.92 Å². The molecule has 86 valence electrons. The lowest BCUT2D eigenvalue weighted by Gasteiger charge is -2.04. The number of rotatable bonds is 2. The summed E-state index contributed by atoms with van der Waals surface area (Å²) < 4.78 is 0. The van der Waals surface area contributed by atoms with Crippen LogP contribution in [0.15, 0.2) is 53.5 Å². The van der Waals surface area contributed by atoms with Gasteiger partial charge < -0.3 is 11.5 Å². The first kappa shape index (κ1) is 11.2. The van der Waals surface area contributed by atoms with E-state index < -0.39 is 0 Å². The molecule has 0 amide bonds. The highest BCUT2D eigenvalue weighted by atomic mass is 14.9. The quantitative estimate of drug-likeness (QED) is 0.469. The van der Waals surface area contributed by atoms with Crippen molar-refractivity contribution in [1.29, 1.82) is 0 Å². The van der Waals surface area contributed by atoms with Crippen molar-refractivity contribution < 1.29 is 0 Å². The number of nitrogen functional groups attached to an aromatic ring is 1. The van der Waals surface area contributed by atoms with Gasteiger partial charge in [-0.1, -0.05) is 24.3 Å². The van der Waals surface area contributed by atoms with Gasteiger partial charge in [-0.3, -0.25) is 0 Å². The molecule has 0 spiro atoms. The first-order valence-electron chi connectivity index (χ1n) is 5.42. The van der Waals surface area contributed by atoms with Crippen molar-refractivity contribution in [2.24, 2.45) is 10.7 Å². The number of benzene rings is 2. The van der Waals surface area contributed by atoms with E-state index in [1.807, 2.05) is 55.5 Å². The van der Waals surface area contributed by atoms with E-state index in [1.54, 1.807) is 0 Å². The minimum Gasteiger partial charge on any atom is -0.398 e. The first-order valence-corrected chi connectivity index (χ1v) is 5.42. The zero-order chi connectivity index (χ0) is 12.3. The molecule has 0 aliphatic rings. The van der Waals surface area contributed by atoms with Gasteiger partial charge in [-0.2, -0.15) is 0 Å². The third-order valence-corrected chi connectivity index (χ3v) is 2.49. The molecule has 0 aliphatic heterocycles. The highest BCUT2D eigenvalue weighted by Gasteiger charge is 2.02. The van der Waals surface area contributed by atoms with E-state index in [0.29, 0.717) is 11.5 Å². The van der Waals surface area contributed by atoms with E-state index in [4.69, 9.17) is 11.5 Å². The molecule has 0 saturated heterocycles. The molecule has 17 heavy (non-hydrogen) atoms. The summed E-state index contributed by atoms with van der Waals surface area (Å²) in [6, 6.07) is 15.3. The second kappa shape index (κ2) is 4.70. The Morgan fingerprint density at radius 2 is 1.82 bits per heavy atom. The maximum absolute atomic E-state index is 5.95. The number of hydrogen-bond donors (Lipinski definition) is 2. The van der Waals surface area contributed by atoms with Crippen LogP contribution in [0.5, 0.6) is 0 Å². The monoisotopic (exact) mass is 225 g/mol. The Kier molecular flexibility index (Phi) is 3.10. The molecule has 0 aromatic heterocycles. The van der Waals surface area contributed by atoms with Gasteiger partial charge >= 0.3 is 0 Å². The van der Waals surface area contributed by atoms with Gasteiger partial charge in [-0.05, 0) is 36.8 Å². The van der Waals surface area contributed by atoms with Crippen LogP contribution in [-0.2, 0) is 0 Å². The molecule has 2 rings (SSSR count). The van der Waals surface area contributed by atoms with Gasteiger partial charge in [0.05, 0.1) is 5.69 Å². The van der Waals surface area contributed by atoms with Gasteiger partial charge in [-0.25, -0.2) is 4.99 Å². The molecule has 4 N–H and O–H groups in total. The minimum atomic E-state index is 0.439. The third-order valence-electron chi connectivity index (χ3n) is 2.49. The molecule has 3 nitrogen and oxygen atoms in total.